The van der Waals surface area contributed by atoms with Crippen molar-refractivity contribution in [3.63, 3.8) is 0 Å². The van der Waals surface area contributed by atoms with Crippen molar-refractivity contribution in [2.24, 2.45) is 0 Å². The molecule has 2 heteroatoms. The zero-order valence-corrected chi connectivity index (χ0v) is 15.4. The van der Waals surface area contributed by atoms with E-state index in [4.69, 9.17) is 0 Å². The molecule has 1 N–H and O–H groups in total. The van der Waals surface area contributed by atoms with Crippen LogP contribution in [0.25, 0.3) is 0 Å². The Morgan fingerprint density at radius 3 is 2.24 bits per heavy atom. The van der Waals surface area contributed by atoms with Gasteiger partial charge in [0.2, 0.25) is 0 Å². The summed E-state index contributed by atoms with van der Waals surface area (Å²) >= 11 is 2.08. The molecule has 0 aliphatic heterocycles. The van der Waals surface area contributed by atoms with Crippen molar-refractivity contribution in [1.29, 1.82) is 0 Å². The second-order valence-corrected chi connectivity index (χ2v) is 7.96. The lowest BCUT2D eigenvalue weighted by Crippen LogP contribution is -2.24. The molecule has 1 atom stereocenters. The first kappa shape index (κ1) is 18.6. The largest absolute Gasteiger partial charge is 0.309 e. The van der Waals surface area contributed by atoms with Gasteiger partial charge in [-0.3, -0.25) is 0 Å². The zero-order valence-electron chi connectivity index (χ0n) is 14.5. The predicted molar refractivity (Wildman–Crippen MR) is 98.4 cm³/mol. The van der Waals surface area contributed by atoms with Crippen molar-refractivity contribution >= 4 is 11.8 Å². The van der Waals surface area contributed by atoms with E-state index in [1.807, 2.05) is 0 Å². The summed E-state index contributed by atoms with van der Waals surface area (Å²) in [6.45, 7) is 12.4. The van der Waals surface area contributed by atoms with Gasteiger partial charge in [0, 0.05) is 11.8 Å². The summed E-state index contributed by atoms with van der Waals surface area (Å²) in [4.78, 5) is 0. The predicted octanol–water partition coefficient (Wildman–Crippen LogP) is 5.56. The Morgan fingerprint density at radius 2 is 1.71 bits per heavy atom. The van der Waals surface area contributed by atoms with Crippen LogP contribution in [0.3, 0.4) is 0 Å². The van der Waals surface area contributed by atoms with Crippen molar-refractivity contribution < 1.29 is 0 Å². The van der Waals surface area contributed by atoms with E-state index in [1.54, 1.807) is 0 Å². The van der Waals surface area contributed by atoms with Crippen LogP contribution in [0.5, 0.6) is 0 Å². The Labute approximate surface area is 136 Å². The summed E-state index contributed by atoms with van der Waals surface area (Å²) in [6, 6.07) is 9.71. The van der Waals surface area contributed by atoms with Crippen LogP contribution in [-0.4, -0.2) is 18.1 Å². The number of hydrogen-bond acceptors (Lipinski definition) is 2. The average Bonchev–Trinajstić information content (AvgIpc) is 2.46. The molecule has 0 saturated heterocycles. The number of benzene rings is 1. The molecule has 0 radical (unpaired) electrons. The number of thioether (sulfide) groups is 1. The minimum absolute atomic E-state index is 0.237. The van der Waals surface area contributed by atoms with Crippen molar-refractivity contribution in [2.45, 2.75) is 65.3 Å². The van der Waals surface area contributed by atoms with Crippen LogP contribution >= 0.6 is 11.8 Å². The molecule has 1 unspecified atom stereocenters. The smallest absolute Gasteiger partial charge is 0.0411 e. The number of unbranched alkanes of at least 4 members (excludes halogenated alkanes) is 1. The zero-order chi connectivity index (χ0) is 15.7. The van der Waals surface area contributed by atoms with Gasteiger partial charge in [-0.05, 0) is 41.7 Å². The van der Waals surface area contributed by atoms with Gasteiger partial charge in [0.25, 0.3) is 0 Å². The normalized spacial score (nSPS) is 13.4. The highest BCUT2D eigenvalue weighted by atomic mass is 32.2. The highest BCUT2D eigenvalue weighted by Crippen LogP contribution is 2.25. The minimum Gasteiger partial charge on any atom is -0.309 e. The molecule has 120 valence electrons. The molecule has 0 aliphatic rings. The Hall–Kier alpha value is -0.470. The Bertz CT molecular complexity index is 378. The molecule has 0 aliphatic carbocycles. The van der Waals surface area contributed by atoms with Crippen molar-refractivity contribution in [1.82, 2.24) is 5.32 Å². The second kappa shape index (κ2) is 9.53. The molecular formula is C19H33NS. The van der Waals surface area contributed by atoms with Crippen LogP contribution < -0.4 is 5.32 Å². The first-order chi connectivity index (χ1) is 9.99. The molecule has 1 aromatic rings. The lowest BCUT2D eigenvalue weighted by molar-refractivity contribution is 0.572. The summed E-state index contributed by atoms with van der Waals surface area (Å²) in [5.41, 5.74) is 3.08. The van der Waals surface area contributed by atoms with E-state index in [-0.39, 0.29) is 5.41 Å². The lowest BCUT2D eigenvalue weighted by atomic mass is 9.86. The van der Waals surface area contributed by atoms with E-state index >= 15 is 0 Å². The number of rotatable bonds is 9. The summed E-state index contributed by atoms with van der Waals surface area (Å²) in [5.74, 6) is 2.45. The van der Waals surface area contributed by atoms with Gasteiger partial charge in [0.1, 0.15) is 0 Å². The van der Waals surface area contributed by atoms with E-state index in [0.717, 1.165) is 6.54 Å². The fourth-order valence-electron chi connectivity index (χ4n) is 2.25. The first-order valence-corrected chi connectivity index (χ1v) is 9.56. The third-order valence-corrected chi connectivity index (χ3v) is 4.89. The van der Waals surface area contributed by atoms with Crippen molar-refractivity contribution in [3.05, 3.63) is 35.4 Å². The average molecular weight is 308 g/mol. The molecule has 21 heavy (non-hydrogen) atoms. The van der Waals surface area contributed by atoms with Gasteiger partial charge in [0.15, 0.2) is 0 Å². The Kier molecular flexibility index (Phi) is 8.43. The first-order valence-electron chi connectivity index (χ1n) is 8.40. The van der Waals surface area contributed by atoms with Gasteiger partial charge >= 0.3 is 0 Å². The van der Waals surface area contributed by atoms with E-state index in [0.29, 0.717) is 6.04 Å². The molecule has 1 aromatic carbocycles. The van der Waals surface area contributed by atoms with Gasteiger partial charge < -0.3 is 5.32 Å². The third kappa shape index (κ3) is 6.88. The fourth-order valence-corrected chi connectivity index (χ4v) is 3.46. The Morgan fingerprint density at radius 1 is 1.05 bits per heavy atom. The highest BCUT2D eigenvalue weighted by molar-refractivity contribution is 7.99. The maximum Gasteiger partial charge on any atom is 0.0411 e. The molecular weight excluding hydrogens is 274 g/mol. The standard InChI is InChI=1S/C19H33NS/c1-6-8-14-21-15-18(20-13-7-2)16-9-11-17(12-10-16)19(3,4)5/h9-12,18,20H,6-8,13-15H2,1-5H3. The second-order valence-electron chi connectivity index (χ2n) is 6.81. The molecule has 0 amide bonds. The maximum atomic E-state index is 3.70. The molecule has 0 aromatic heterocycles. The summed E-state index contributed by atoms with van der Waals surface area (Å²) in [7, 11) is 0. The van der Waals surface area contributed by atoms with Gasteiger partial charge in [-0.2, -0.15) is 11.8 Å². The quantitative estimate of drug-likeness (QED) is 0.600. The van der Waals surface area contributed by atoms with Crippen molar-refractivity contribution in [2.75, 3.05) is 18.1 Å². The van der Waals surface area contributed by atoms with Crippen LogP contribution in [-0.2, 0) is 5.41 Å². The van der Waals surface area contributed by atoms with E-state index in [1.165, 1.54) is 41.9 Å². The van der Waals surface area contributed by atoms with E-state index in [2.05, 4.69) is 76.0 Å². The molecule has 0 saturated carbocycles. The Balaban J connectivity index is 2.68. The van der Waals surface area contributed by atoms with Gasteiger partial charge in [-0.25, -0.2) is 0 Å². The van der Waals surface area contributed by atoms with Crippen LogP contribution in [0, 0.1) is 0 Å². The van der Waals surface area contributed by atoms with Crippen molar-refractivity contribution in [3.8, 4) is 0 Å². The molecule has 0 bridgehead atoms. The van der Waals surface area contributed by atoms with Crippen LogP contribution in [0.4, 0.5) is 0 Å². The van der Waals surface area contributed by atoms with Gasteiger partial charge in [0.05, 0.1) is 0 Å². The monoisotopic (exact) mass is 307 g/mol. The van der Waals surface area contributed by atoms with E-state index < -0.39 is 0 Å². The minimum atomic E-state index is 0.237. The topological polar surface area (TPSA) is 12.0 Å². The fraction of sp³-hybridized carbons (Fsp3) is 0.684. The summed E-state index contributed by atoms with van der Waals surface area (Å²) in [6.07, 6.45) is 3.81. The molecule has 0 heterocycles. The maximum absolute atomic E-state index is 3.70. The van der Waals surface area contributed by atoms with Gasteiger partial charge in [-0.1, -0.05) is 65.3 Å². The van der Waals surface area contributed by atoms with Crippen LogP contribution in [0.2, 0.25) is 0 Å². The summed E-state index contributed by atoms with van der Waals surface area (Å²) < 4.78 is 0. The molecule has 1 nitrogen and oxygen atoms in total. The highest BCUT2D eigenvalue weighted by Gasteiger charge is 2.15. The van der Waals surface area contributed by atoms with Gasteiger partial charge in [-0.15, -0.1) is 0 Å². The molecule has 0 spiro atoms. The number of hydrogen-bond donors (Lipinski definition) is 1. The number of nitrogens with one attached hydrogen (secondary N) is 1. The van der Waals surface area contributed by atoms with E-state index in [9.17, 15) is 0 Å². The molecule has 0 fully saturated rings. The summed E-state index contributed by atoms with van der Waals surface area (Å²) in [5, 5.41) is 3.70. The molecule has 1 rings (SSSR count). The third-order valence-electron chi connectivity index (χ3n) is 3.75. The SMILES string of the molecule is CCCCSCC(NCCC)c1ccc(C(C)(C)C)cc1. The lowest BCUT2D eigenvalue weighted by Gasteiger charge is -2.22. The van der Waals surface area contributed by atoms with Crippen LogP contribution in [0.15, 0.2) is 24.3 Å². The van der Waals surface area contributed by atoms with Crippen LogP contribution in [0.1, 0.15) is 71.0 Å².